The van der Waals surface area contributed by atoms with Crippen LogP contribution >= 0.6 is 0 Å². The van der Waals surface area contributed by atoms with Gasteiger partial charge in [-0.15, -0.1) is 0 Å². The SMILES string of the molecule is O=C(CCc1c[nH]c2ccccc12)N1CCN(S(=O)(=O)c2ccccc2[N+](=O)[O-])CC1. The van der Waals surface area contributed by atoms with Crippen molar-refractivity contribution in [1.29, 1.82) is 0 Å². The van der Waals surface area contributed by atoms with E-state index in [0.717, 1.165) is 16.5 Å². The minimum atomic E-state index is -4.01. The molecule has 2 aromatic carbocycles. The summed E-state index contributed by atoms with van der Waals surface area (Å²) < 4.78 is 27.0. The molecular formula is C21H22N4O5S. The van der Waals surface area contributed by atoms with Gasteiger partial charge in [-0.2, -0.15) is 4.31 Å². The van der Waals surface area contributed by atoms with Gasteiger partial charge in [0.05, 0.1) is 4.92 Å². The lowest BCUT2D eigenvalue weighted by Gasteiger charge is -2.34. The van der Waals surface area contributed by atoms with Gasteiger partial charge < -0.3 is 9.88 Å². The molecule has 1 saturated heterocycles. The van der Waals surface area contributed by atoms with Crippen molar-refractivity contribution in [2.24, 2.45) is 0 Å². The predicted molar refractivity (Wildman–Crippen MR) is 115 cm³/mol. The number of amides is 1. The molecule has 0 unspecified atom stereocenters. The van der Waals surface area contributed by atoms with Crippen LogP contribution < -0.4 is 0 Å². The average molecular weight is 442 g/mol. The predicted octanol–water partition coefficient (Wildman–Crippen LogP) is 2.54. The van der Waals surface area contributed by atoms with Crippen LogP contribution in [0.5, 0.6) is 0 Å². The standard InChI is InChI=1S/C21H22N4O5S/c26-21(10-9-16-15-22-18-6-2-1-5-17(16)18)23-11-13-24(14-12-23)31(29,30)20-8-4-3-7-19(20)25(27)28/h1-8,15,22H,9-14H2. The zero-order chi connectivity index (χ0) is 22.0. The van der Waals surface area contributed by atoms with Crippen molar-refractivity contribution in [3.63, 3.8) is 0 Å². The summed E-state index contributed by atoms with van der Waals surface area (Å²) in [4.78, 5) is 27.7. The number of sulfonamides is 1. The number of piperazine rings is 1. The summed E-state index contributed by atoms with van der Waals surface area (Å²) in [6, 6.07) is 13.2. The second kappa shape index (κ2) is 8.48. The summed E-state index contributed by atoms with van der Waals surface area (Å²) in [5, 5.41) is 12.3. The number of H-pyrrole nitrogens is 1. The number of nitrogens with one attached hydrogen (secondary N) is 1. The lowest BCUT2D eigenvalue weighted by molar-refractivity contribution is -0.387. The molecule has 3 aromatic rings. The van der Waals surface area contributed by atoms with Crippen molar-refractivity contribution in [1.82, 2.24) is 14.2 Å². The molecule has 0 aliphatic carbocycles. The van der Waals surface area contributed by atoms with Crippen LogP contribution in [0.25, 0.3) is 10.9 Å². The van der Waals surface area contributed by atoms with Gasteiger partial charge >= 0.3 is 0 Å². The monoisotopic (exact) mass is 442 g/mol. The Morgan fingerprint density at radius 1 is 1.03 bits per heavy atom. The molecule has 10 heteroatoms. The summed E-state index contributed by atoms with van der Waals surface area (Å²) in [6.45, 7) is 0.722. The fraction of sp³-hybridized carbons (Fsp3) is 0.286. The average Bonchev–Trinajstić information content (AvgIpc) is 3.20. The number of fused-ring (bicyclic) bond motifs is 1. The summed E-state index contributed by atoms with van der Waals surface area (Å²) in [5.74, 6) is -0.0342. The molecule has 1 aliphatic rings. The molecule has 0 saturated carbocycles. The number of hydrogen-bond donors (Lipinski definition) is 1. The second-order valence-corrected chi connectivity index (χ2v) is 9.28. The smallest absolute Gasteiger partial charge is 0.289 e. The van der Waals surface area contributed by atoms with Gasteiger partial charge in [-0.3, -0.25) is 14.9 Å². The van der Waals surface area contributed by atoms with E-state index in [1.54, 1.807) is 4.90 Å². The molecular weight excluding hydrogens is 420 g/mol. The molecule has 1 fully saturated rings. The van der Waals surface area contributed by atoms with E-state index < -0.39 is 20.6 Å². The Bertz CT molecular complexity index is 1230. The first kappa shape index (κ1) is 21.0. The van der Waals surface area contributed by atoms with Crippen LogP contribution in [0.15, 0.2) is 59.6 Å². The number of aromatic nitrogens is 1. The highest BCUT2D eigenvalue weighted by Gasteiger charge is 2.34. The molecule has 0 spiro atoms. The summed E-state index contributed by atoms with van der Waals surface area (Å²) >= 11 is 0. The number of rotatable bonds is 6. The Morgan fingerprint density at radius 2 is 1.71 bits per heavy atom. The number of aromatic amines is 1. The van der Waals surface area contributed by atoms with Gasteiger partial charge in [0.15, 0.2) is 4.90 Å². The third-order valence-corrected chi connectivity index (χ3v) is 7.50. The van der Waals surface area contributed by atoms with Crippen molar-refractivity contribution in [2.75, 3.05) is 26.2 Å². The van der Waals surface area contributed by atoms with Gasteiger partial charge in [0, 0.05) is 55.8 Å². The number of nitro benzene ring substituents is 1. The number of aryl methyl sites for hydroxylation is 1. The van der Waals surface area contributed by atoms with E-state index in [1.807, 2.05) is 30.5 Å². The van der Waals surface area contributed by atoms with Crippen LogP contribution in [-0.4, -0.2) is 59.6 Å². The third kappa shape index (κ3) is 4.17. The molecule has 1 N–H and O–H groups in total. The minimum absolute atomic E-state index is 0.0342. The fourth-order valence-electron chi connectivity index (χ4n) is 3.88. The summed E-state index contributed by atoms with van der Waals surface area (Å²) in [6.07, 6.45) is 2.84. The number of carbonyl (C=O) groups is 1. The lowest BCUT2D eigenvalue weighted by atomic mass is 10.1. The van der Waals surface area contributed by atoms with E-state index in [9.17, 15) is 23.3 Å². The number of para-hydroxylation sites is 2. The first-order valence-electron chi connectivity index (χ1n) is 9.94. The van der Waals surface area contributed by atoms with Crippen LogP contribution in [0, 0.1) is 10.1 Å². The zero-order valence-electron chi connectivity index (χ0n) is 16.7. The highest BCUT2D eigenvalue weighted by molar-refractivity contribution is 7.89. The molecule has 9 nitrogen and oxygen atoms in total. The van der Waals surface area contributed by atoms with Crippen molar-refractivity contribution in [3.8, 4) is 0 Å². The lowest BCUT2D eigenvalue weighted by Crippen LogP contribution is -2.50. The Labute approximate surface area is 179 Å². The van der Waals surface area contributed by atoms with Gasteiger partial charge in [0.1, 0.15) is 0 Å². The molecule has 1 aliphatic heterocycles. The van der Waals surface area contributed by atoms with Crippen LogP contribution in [0.4, 0.5) is 5.69 Å². The fourth-order valence-corrected chi connectivity index (χ4v) is 5.46. The Kier molecular flexibility index (Phi) is 5.75. The van der Waals surface area contributed by atoms with Crippen LogP contribution in [0.1, 0.15) is 12.0 Å². The van der Waals surface area contributed by atoms with E-state index in [-0.39, 0.29) is 37.0 Å². The summed E-state index contributed by atoms with van der Waals surface area (Å²) in [7, 11) is -4.01. The maximum absolute atomic E-state index is 12.9. The first-order chi connectivity index (χ1) is 14.9. The Hall–Kier alpha value is -3.24. The molecule has 162 valence electrons. The van der Waals surface area contributed by atoms with E-state index in [2.05, 4.69) is 4.98 Å². The zero-order valence-corrected chi connectivity index (χ0v) is 17.5. The topological polar surface area (TPSA) is 117 Å². The maximum atomic E-state index is 12.9. The molecule has 1 amide bonds. The summed E-state index contributed by atoms with van der Waals surface area (Å²) in [5.41, 5.74) is 1.65. The highest BCUT2D eigenvalue weighted by atomic mass is 32.2. The molecule has 2 heterocycles. The van der Waals surface area contributed by atoms with Crippen molar-refractivity contribution >= 4 is 32.5 Å². The molecule has 4 rings (SSSR count). The number of benzene rings is 2. The number of nitro groups is 1. The van der Waals surface area contributed by atoms with E-state index in [1.165, 1.54) is 28.6 Å². The normalized spacial score (nSPS) is 15.3. The Balaban J connectivity index is 1.38. The first-order valence-corrected chi connectivity index (χ1v) is 11.4. The van der Waals surface area contributed by atoms with Crippen LogP contribution in [-0.2, 0) is 21.2 Å². The van der Waals surface area contributed by atoms with Gasteiger partial charge in [-0.1, -0.05) is 30.3 Å². The molecule has 1 aromatic heterocycles. The maximum Gasteiger partial charge on any atom is 0.289 e. The van der Waals surface area contributed by atoms with Crippen LogP contribution in [0.2, 0.25) is 0 Å². The van der Waals surface area contributed by atoms with E-state index in [4.69, 9.17) is 0 Å². The Morgan fingerprint density at radius 3 is 2.45 bits per heavy atom. The van der Waals surface area contributed by atoms with Crippen molar-refractivity contribution in [3.05, 3.63) is 70.4 Å². The van der Waals surface area contributed by atoms with Gasteiger partial charge in [-0.05, 0) is 24.1 Å². The molecule has 0 radical (unpaired) electrons. The number of nitrogens with zero attached hydrogens (tertiary/aromatic N) is 3. The van der Waals surface area contributed by atoms with Crippen LogP contribution in [0.3, 0.4) is 0 Å². The second-order valence-electron chi connectivity index (χ2n) is 7.37. The van der Waals surface area contributed by atoms with E-state index in [0.29, 0.717) is 12.8 Å². The highest BCUT2D eigenvalue weighted by Crippen LogP contribution is 2.27. The quantitative estimate of drug-likeness (QED) is 0.465. The van der Waals surface area contributed by atoms with Crippen molar-refractivity contribution in [2.45, 2.75) is 17.7 Å². The van der Waals surface area contributed by atoms with Gasteiger partial charge in [0.25, 0.3) is 5.69 Å². The van der Waals surface area contributed by atoms with Crippen molar-refractivity contribution < 1.29 is 18.1 Å². The number of carbonyl (C=O) groups excluding carboxylic acids is 1. The largest absolute Gasteiger partial charge is 0.361 e. The van der Waals surface area contributed by atoms with Gasteiger partial charge in [0.2, 0.25) is 15.9 Å². The molecule has 31 heavy (non-hydrogen) atoms. The molecule has 0 atom stereocenters. The third-order valence-electron chi connectivity index (χ3n) is 5.55. The molecule has 0 bridgehead atoms. The minimum Gasteiger partial charge on any atom is -0.361 e. The van der Waals surface area contributed by atoms with Gasteiger partial charge in [-0.25, -0.2) is 8.42 Å². The number of hydrogen-bond acceptors (Lipinski definition) is 5. The van der Waals surface area contributed by atoms with E-state index >= 15 is 0 Å².